The zero-order valence-corrected chi connectivity index (χ0v) is 18.8. The summed E-state index contributed by atoms with van der Waals surface area (Å²) < 4.78 is 17.0. The van der Waals surface area contributed by atoms with E-state index in [1.807, 2.05) is 30.3 Å². The maximum Gasteiger partial charge on any atom is 0.252 e. The van der Waals surface area contributed by atoms with E-state index < -0.39 is 5.41 Å². The molecule has 0 aliphatic carbocycles. The van der Waals surface area contributed by atoms with E-state index in [1.54, 1.807) is 23.1 Å². The van der Waals surface area contributed by atoms with E-state index in [0.29, 0.717) is 47.5 Å². The number of aromatic nitrogens is 1. The van der Waals surface area contributed by atoms with E-state index in [9.17, 15) is 9.59 Å². The maximum atomic E-state index is 13.9. The van der Waals surface area contributed by atoms with E-state index in [2.05, 4.69) is 10.3 Å². The molecule has 34 heavy (non-hydrogen) atoms. The molecule has 6 rings (SSSR count). The number of anilines is 1. The van der Waals surface area contributed by atoms with Crippen molar-refractivity contribution in [1.29, 1.82) is 0 Å². The van der Waals surface area contributed by atoms with Crippen LogP contribution in [-0.2, 0) is 10.2 Å². The van der Waals surface area contributed by atoms with Crippen molar-refractivity contribution in [2.24, 2.45) is 0 Å². The highest BCUT2D eigenvalue weighted by Crippen LogP contribution is 2.54. The summed E-state index contributed by atoms with van der Waals surface area (Å²) in [6, 6.07) is 14.6. The lowest BCUT2D eigenvalue weighted by atomic mass is 9.77. The summed E-state index contributed by atoms with van der Waals surface area (Å²) >= 11 is 5.78. The predicted molar refractivity (Wildman–Crippen MR) is 124 cm³/mol. The Morgan fingerprint density at radius 3 is 2.71 bits per heavy atom. The minimum atomic E-state index is -0.925. The number of nitrogens with zero attached hydrogens (tertiary/aromatic N) is 2. The number of pyridine rings is 1. The van der Waals surface area contributed by atoms with Gasteiger partial charge < -0.3 is 24.4 Å². The molecule has 8 nitrogen and oxygen atoms in total. The van der Waals surface area contributed by atoms with Crippen LogP contribution in [0.1, 0.15) is 27.9 Å². The number of hydrogen-bond donors (Lipinski definition) is 1. The first-order chi connectivity index (χ1) is 16.6. The Morgan fingerprint density at radius 1 is 1.06 bits per heavy atom. The minimum absolute atomic E-state index is 0.0421. The number of hydrogen-bond acceptors (Lipinski definition) is 6. The molecule has 0 saturated carbocycles. The first kappa shape index (κ1) is 20.8. The summed E-state index contributed by atoms with van der Waals surface area (Å²) in [6.45, 7) is 1.24. The number of carbonyl (C=O) groups is 2. The quantitative estimate of drug-likeness (QED) is 0.448. The Kier molecular flexibility index (Phi) is 4.84. The summed E-state index contributed by atoms with van der Waals surface area (Å²) in [4.78, 5) is 31.9. The largest absolute Gasteiger partial charge is 0.491 e. The maximum absolute atomic E-state index is 13.9. The lowest BCUT2D eigenvalue weighted by Crippen LogP contribution is -2.43. The number of carbonyl (C=O) groups excluding carboxylic acids is 2. The highest BCUT2D eigenvalue weighted by molar-refractivity contribution is 6.29. The van der Waals surface area contributed by atoms with Gasteiger partial charge in [-0.25, -0.2) is 4.98 Å². The Labute approximate surface area is 200 Å². The third kappa shape index (κ3) is 3.09. The van der Waals surface area contributed by atoms with E-state index in [-0.39, 0.29) is 25.2 Å². The predicted octanol–water partition coefficient (Wildman–Crippen LogP) is 3.31. The average Bonchev–Trinajstić information content (AvgIpc) is 3.53. The van der Waals surface area contributed by atoms with Crippen molar-refractivity contribution >= 4 is 29.1 Å². The zero-order valence-electron chi connectivity index (χ0n) is 18.0. The molecule has 9 heteroatoms. The average molecular weight is 478 g/mol. The minimum Gasteiger partial charge on any atom is -0.491 e. The van der Waals surface area contributed by atoms with Crippen molar-refractivity contribution in [1.82, 2.24) is 10.3 Å². The number of nitrogens with one attached hydrogen (secondary N) is 1. The smallest absolute Gasteiger partial charge is 0.252 e. The van der Waals surface area contributed by atoms with Gasteiger partial charge in [0.1, 0.15) is 22.9 Å². The van der Waals surface area contributed by atoms with Crippen LogP contribution in [0.3, 0.4) is 0 Å². The van der Waals surface area contributed by atoms with Crippen molar-refractivity contribution in [3.63, 3.8) is 0 Å². The number of amides is 2. The Hall–Kier alpha value is -3.78. The molecular weight excluding hydrogens is 458 g/mol. The number of rotatable bonds is 5. The monoisotopic (exact) mass is 477 g/mol. The molecule has 0 fully saturated rings. The molecule has 3 aliphatic heterocycles. The molecule has 1 unspecified atom stereocenters. The fraction of sp³-hybridized carbons (Fsp3) is 0.240. The summed E-state index contributed by atoms with van der Waals surface area (Å²) in [7, 11) is 0. The third-order valence-electron chi connectivity index (χ3n) is 6.48. The fourth-order valence-electron chi connectivity index (χ4n) is 4.84. The van der Waals surface area contributed by atoms with Crippen molar-refractivity contribution in [2.75, 3.05) is 31.4 Å². The van der Waals surface area contributed by atoms with Gasteiger partial charge in [-0.15, -0.1) is 0 Å². The van der Waals surface area contributed by atoms with Crippen LogP contribution >= 0.6 is 11.6 Å². The van der Waals surface area contributed by atoms with Crippen LogP contribution in [0.4, 0.5) is 5.69 Å². The summed E-state index contributed by atoms with van der Waals surface area (Å²) in [6.07, 6.45) is 2.02. The van der Waals surface area contributed by atoms with Gasteiger partial charge in [-0.3, -0.25) is 9.59 Å². The van der Waals surface area contributed by atoms with Gasteiger partial charge in [0.05, 0.1) is 5.56 Å². The highest BCUT2D eigenvalue weighted by Gasteiger charge is 2.57. The van der Waals surface area contributed by atoms with Gasteiger partial charge in [0.2, 0.25) is 12.7 Å². The fourth-order valence-corrected chi connectivity index (χ4v) is 4.95. The molecule has 1 aromatic heterocycles. The first-order valence-corrected chi connectivity index (χ1v) is 11.3. The normalized spacial score (nSPS) is 19.2. The van der Waals surface area contributed by atoms with Crippen molar-refractivity contribution in [3.8, 4) is 17.2 Å². The molecule has 3 aromatic rings. The van der Waals surface area contributed by atoms with Crippen LogP contribution in [0.15, 0.2) is 54.7 Å². The molecule has 2 aromatic carbocycles. The SMILES string of the molecule is O=C(NCCCN1C(=O)C2(COc3cc4c(cc32)OCO4)c2ccccc21)c1ccc(Cl)nc1. The number of halogens is 1. The zero-order chi connectivity index (χ0) is 23.3. The van der Waals surface area contributed by atoms with Crippen molar-refractivity contribution in [3.05, 3.63) is 76.6 Å². The van der Waals surface area contributed by atoms with Crippen LogP contribution in [0.25, 0.3) is 0 Å². The molecule has 1 N–H and O–H groups in total. The first-order valence-electron chi connectivity index (χ1n) is 11.0. The number of para-hydroxylation sites is 1. The molecule has 4 heterocycles. The van der Waals surface area contributed by atoms with E-state index >= 15 is 0 Å². The molecule has 172 valence electrons. The van der Waals surface area contributed by atoms with Crippen molar-refractivity contribution < 1.29 is 23.8 Å². The highest BCUT2D eigenvalue weighted by atomic mass is 35.5. The standard InChI is InChI=1S/C25H20ClN3O5/c26-22-7-6-15(12-28-22)23(30)27-8-3-9-29-18-5-2-1-4-16(18)25(24(29)31)13-32-19-11-21-20(10-17(19)25)33-14-34-21/h1-2,4-7,10-12H,3,8-9,13-14H2,(H,27,30). The van der Waals surface area contributed by atoms with Gasteiger partial charge >= 0.3 is 0 Å². The van der Waals surface area contributed by atoms with Gasteiger partial charge in [-0.1, -0.05) is 29.8 Å². The van der Waals surface area contributed by atoms with E-state index in [4.69, 9.17) is 25.8 Å². The van der Waals surface area contributed by atoms with E-state index in [1.165, 1.54) is 6.20 Å². The summed E-state index contributed by atoms with van der Waals surface area (Å²) in [5, 5.41) is 3.20. The second kappa shape index (κ2) is 7.92. The van der Waals surface area contributed by atoms with E-state index in [0.717, 1.165) is 16.8 Å². The van der Waals surface area contributed by atoms with Crippen molar-refractivity contribution in [2.45, 2.75) is 11.8 Å². The second-order valence-electron chi connectivity index (χ2n) is 8.35. The van der Waals surface area contributed by atoms with Gasteiger partial charge in [-0.05, 0) is 36.2 Å². The van der Waals surface area contributed by atoms with Crippen LogP contribution in [-0.4, -0.2) is 43.3 Å². The van der Waals surface area contributed by atoms with Gasteiger partial charge in [-0.2, -0.15) is 0 Å². The van der Waals surface area contributed by atoms with Gasteiger partial charge in [0, 0.05) is 36.6 Å². The lowest BCUT2D eigenvalue weighted by Gasteiger charge is -2.23. The molecule has 0 saturated heterocycles. The molecule has 0 radical (unpaired) electrons. The Bertz CT molecular complexity index is 1310. The van der Waals surface area contributed by atoms with Crippen LogP contribution in [0.5, 0.6) is 17.2 Å². The molecular formula is C25H20ClN3O5. The van der Waals surface area contributed by atoms with Gasteiger partial charge in [0.15, 0.2) is 11.5 Å². The summed E-state index contributed by atoms with van der Waals surface area (Å²) in [5.41, 5.74) is 2.07. The van der Waals surface area contributed by atoms with Crippen LogP contribution in [0, 0.1) is 0 Å². The Balaban J connectivity index is 1.22. The molecule has 3 aliphatic rings. The Morgan fingerprint density at radius 2 is 1.88 bits per heavy atom. The molecule has 1 atom stereocenters. The topological polar surface area (TPSA) is 90.0 Å². The molecule has 1 spiro atoms. The number of fused-ring (bicyclic) bond motifs is 5. The number of ether oxygens (including phenoxy) is 3. The molecule has 0 bridgehead atoms. The second-order valence-corrected chi connectivity index (χ2v) is 8.74. The van der Waals surface area contributed by atoms with Crippen LogP contribution in [0.2, 0.25) is 5.15 Å². The lowest BCUT2D eigenvalue weighted by molar-refractivity contribution is -0.122. The number of benzene rings is 2. The molecule has 2 amide bonds. The summed E-state index contributed by atoms with van der Waals surface area (Å²) in [5.74, 6) is 1.60. The van der Waals surface area contributed by atoms with Gasteiger partial charge in [0.25, 0.3) is 5.91 Å². The van der Waals surface area contributed by atoms with Crippen LogP contribution < -0.4 is 24.4 Å². The third-order valence-corrected chi connectivity index (χ3v) is 6.70.